The van der Waals surface area contributed by atoms with E-state index in [1.807, 2.05) is 0 Å². The quantitative estimate of drug-likeness (QED) is 0.861. The van der Waals surface area contributed by atoms with Crippen molar-refractivity contribution >= 4 is 27.3 Å². The predicted molar refractivity (Wildman–Crippen MR) is 81.3 cm³/mol. The summed E-state index contributed by atoms with van der Waals surface area (Å²) in [6.07, 6.45) is 0. The molecular weight excluding hydrogens is 298 g/mol. The van der Waals surface area contributed by atoms with Gasteiger partial charge >= 0.3 is 0 Å². The molecule has 0 unspecified atom stereocenters. The third-order valence-electron chi connectivity index (χ3n) is 3.58. The van der Waals surface area contributed by atoms with E-state index in [2.05, 4.69) is 18.7 Å². The molecule has 1 aliphatic rings. The number of anilines is 1. The topological polar surface area (TPSA) is 66.6 Å². The number of benzene rings is 1. The number of halogens is 1. The monoisotopic (exact) mass is 317 g/mol. The van der Waals surface area contributed by atoms with E-state index in [9.17, 15) is 8.42 Å². The molecule has 1 heterocycles. The van der Waals surface area contributed by atoms with Crippen LogP contribution in [0.2, 0.25) is 5.02 Å². The lowest BCUT2D eigenvalue weighted by atomic mass is 10.3. The molecule has 0 amide bonds. The molecule has 1 aromatic carbocycles. The van der Waals surface area contributed by atoms with Gasteiger partial charge in [-0.05, 0) is 32.0 Å². The van der Waals surface area contributed by atoms with Crippen LogP contribution in [0.4, 0.5) is 5.69 Å². The maximum atomic E-state index is 12.6. The summed E-state index contributed by atoms with van der Waals surface area (Å²) >= 11 is 6.01. The Morgan fingerprint density at radius 3 is 2.35 bits per heavy atom. The minimum atomic E-state index is -3.57. The highest BCUT2D eigenvalue weighted by Gasteiger charge is 2.30. The molecule has 0 bridgehead atoms. The largest absolute Gasteiger partial charge is 0.399 e. The van der Waals surface area contributed by atoms with Gasteiger partial charge in [-0.1, -0.05) is 11.6 Å². The Kier molecular flexibility index (Phi) is 4.59. The van der Waals surface area contributed by atoms with Crippen LogP contribution in [0, 0.1) is 0 Å². The lowest BCUT2D eigenvalue weighted by molar-refractivity contribution is 0.154. The average Bonchev–Trinajstić information content (AvgIpc) is 2.41. The Labute approximate surface area is 125 Å². The van der Waals surface area contributed by atoms with Crippen LogP contribution in [-0.2, 0) is 10.0 Å². The first-order chi connectivity index (χ1) is 9.32. The zero-order valence-corrected chi connectivity index (χ0v) is 13.3. The molecule has 2 N–H and O–H groups in total. The second kappa shape index (κ2) is 5.89. The predicted octanol–water partition coefficient (Wildman–Crippen LogP) is 1.64. The third-order valence-corrected chi connectivity index (χ3v) is 5.96. The Balaban J connectivity index is 2.22. The van der Waals surface area contributed by atoms with Crippen molar-refractivity contribution in [1.29, 1.82) is 0 Å². The van der Waals surface area contributed by atoms with Gasteiger partial charge in [0.15, 0.2) is 0 Å². The van der Waals surface area contributed by atoms with Gasteiger partial charge in [0.05, 0.1) is 5.02 Å². The second-order valence-corrected chi connectivity index (χ2v) is 7.54. The summed E-state index contributed by atoms with van der Waals surface area (Å²) in [5.74, 6) is 0. The summed E-state index contributed by atoms with van der Waals surface area (Å²) in [5.41, 5.74) is 6.06. The number of nitrogen functional groups attached to an aromatic ring is 1. The first-order valence-electron chi connectivity index (χ1n) is 6.61. The van der Waals surface area contributed by atoms with Crippen molar-refractivity contribution in [1.82, 2.24) is 9.21 Å². The number of hydrogen-bond acceptors (Lipinski definition) is 4. The van der Waals surface area contributed by atoms with Crippen LogP contribution < -0.4 is 5.73 Å². The van der Waals surface area contributed by atoms with E-state index in [0.717, 1.165) is 13.1 Å². The number of nitrogens with zero attached hydrogens (tertiary/aromatic N) is 2. The number of nitrogens with two attached hydrogens (primary N) is 1. The van der Waals surface area contributed by atoms with Gasteiger partial charge in [-0.15, -0.1) is 0 Å². The van der Waals surface area contributed by atoms with E-state index in [0.29, 0.717) is 24.8 Å². The Hall–Kier alpha value is -0.820. The molecule has 112 valence electrons. The SMILES string of the molecule is CC(C)N1CCN(S(=O)(=O)c2cc(N)ccc2Cl)CC1. The summed E-state index contributed by atoms with van der Waals surface area (Å²) in [6.45, 7) is 6.64. The van der Waals surface area contributed by atoms with E-state index < -0.39 is 10.0 Å². The van der Waals surface area contributed by atoms with Crippen LogP contribution in [0.15, 0.2) is 23.1 Å². The highest BCUT2D eigenvalue weighted by atomic mass is 35.5. The van der Waals surface area contributed by atoms with Crippen LogP contribution in [-0.4, -0.2) is 49.8 Å². The van der Waals surface area contributed by atoms with Gasteiger partial charge < -0.3 is 5.73 Å². The fourth-order valence-corrected chi connectivity index (χ4v) is 4.25. The summed E-state index contributed by atoms with van der Waals surface area (Å²) < 4.78 is 26.7. The fraction of sp³-hybridized carbons (Fsp3) is 0.538. The molecule has 2 rings (SSSR count). The van der Waals surface area contributed by atoms with Crippen molar-refractivity contribution < 1.29 is 8.42 Å². The molecule has 0 aromatic heterocycles. The minimum absolute atomic E-state index is 0.0946. The van der Waals surface area contributed by atoms with Crippen LogP contribution in [0.5, 0.6) is 0 Å². The normalized spacial score (nSPS) is 18.6. The van der Waals surface area contributed by atoms with Crippen molar-refractivity contribution in [2.75, 3.05) is 31.9 Å². The second-order valence-electron chi connectivity index (χ2n) is 5.22. The molecule has 1 saturated heterocycles. The molecule has 1 fully saturated rings. The van der Waals surface area contributed by atoms with Gasteiger partial charge in [0.25, 0.3) is 0 Å². The molecule has 0 atom stereocenters. The molecule has 1 aromatic rings. The van der Waals surface area contributed by atoms with Gasteiger partial charge in [-0.25, -0.2) is 8.42 Å². The first-order valence-corrected chi connectivity index (χ1v) is 8.43. The van der Waals surface area contributed by atoms with E-state index in [1.165, 1.54) is 16.4 Å². The molecule has 1 aliphatic heterocycles. The van der Waals surface area contributed by atoms with Crippen molar-refractivity contribution in [2.45, 2.75) is 24.8 Å². The Bertz CT molecular complexity index is 581. The van der Waals surface area contributed by atoms with Gasteiger partial charge in [0.1, 0.15) is 4.90 Å². The molecular formula is C13H20ClN3O2S. The number of rotatable bonds is 3. The van der Waals surface area contributed by atoms with E-state index in [4.69, 9.17) is 17.3 Å². The Morgan fingerprint density at radius 2 is 1.80 bits per heavy atom. The lowest BCUT2D eigenvalue weighted by Crippen LogP contribution is -2.50. The highest BCUT2D eigenvalue weighted by molar-refractivity contribution is 7.89. The molecule has 5 nitrogen and oxygen atoms in total. The fourth-order valence-electron chi connectivity index (χ4n) is 2.32. The summed E-state index contributed by atoms with van der Waals surface area (Å²) in [5, 5.41) is 0.213. The van der Waals surface area contributed by atoms with Crippen molar-refractivity contribution in [3.63, 3.8) is 0 Å². The zero-order valence-electron chi connectivity index (χ0n) is 11.7. The van der Waals surface area contributed by atoms with Crippen molar-refractivity contribution in [3.8, 4) is 0 Å². The minimum Gasteiger partial charge on any atom is -0.399 e. The van der Waals surface area contributed by atoms with Crippen LogP contribution >= 0.6 is 11.6 Å². The summed E-state index contributed by atoms with van der Waals surface area (Å²) in [4.78, 5) is 2.35. The standard InChI is InChI=1S/C13H20ClN3O2S/c1-10(2)16-5-7-17(8-6-16)20(18,19)13-9-11(15)3-4-12(13)14/h3-4,9-10H,5-8,15H2,1-2H3. The Morgan fingerprint density at radius 1 is 1.20 bits per heavy atom. The smallest absolute Gasteiger partial charge is 0.244 e. The molecule has 0 saturated carbocycles. The maximum absolute atomic E-state index is 12.6. The molecule has 7 heteroatoms. The number of hydrogen-bond donors (Lipinski definition) is 1. The van der Waals surface area contributed by atoms with Crippen LogP contribution in [0.1, 0.15) is 13.8 Å². The van der Waals surface area contributed by atoms with Crippen LogP contribution in [0.3, 0.4) is 0 Å². The maximum Gasteiger partial charge on any atom is 0.244 e. The third kappa shape index (κ3) is 3.09. The molecule has 20 heavy (non-hydrogen) atoms. The molecule has 0 radical (unpaired) electrons. The summed E-state index contributed by atoms with van der Waals surface area (Å²) in [6, 6.07) is 4.97. The van der Waals surface area contributed by atoms with Crippen molar-refractivity contribution in [2.24, 2.45) is 0 Å². The van der Waals surface area contributed by atoms with Gasteiger partial charge in [0, 0.05) is 37.9 Å². The zero-order chi connectivity index (χ0) is 14.9. The average molecular weight is 318 g/mol. The first kappa shape index (κ1) is 15.6. The molecule has 0 aliphatic carbocycles. The number of piperazine rings is 1. The van der Waals surface area contributed by atoms with Crippen LogP contribution in [0.25, 0.3) is 0 Å². The molecule has 0 spiro atoms. The van der Waals surface area contributed by atoms with Gasteiger partial charge in [-0.3, -0.25) is 4.90 Å². The number of sulfonamides is 1. The van der Waals surface area contributed by atoms with E-state index in [-0.39, 0.29) is 9.92 Å². The van der Waals surface area contributed by atoms with E-state index >= 15 is 0 Å². The van der Waals surface area contributed by atoms with Gasteiger partial charge in [0.2, 0.25) is 10.0 Å². The summed E-state index contributed by atoms with van der Waals surface area (Å²) in [7, 11) is -3.57. The van der Waals surface area contributed by atoms with Gasteiger partial charge in [-0.2, -0.15) is 4.31 Å². The van der Waals surface area contributed by atoms with E-state index in [1.54, 1.807) is 6.07 Å². The highest BCUT2D eigenvalue weighted by Crippen LogP contribution is 2.27. The lowest BCUT2D eigenvalue weighted by Gasteiger charge is -2.36. The van der Waals surface area contributed by atoms with Crippen molar-refractivity contribution in [3.05, 3.63) is 23.2 Å².